The lowest BCUT2D eigenvalue weighted by atomic mass is 9.89. The van der Waals surface area contributed by atoms with Crippen molar-refractivity contribution in [2.45, 2.75) is 59.2 Å². The summed E-state index contributed by atoms with van der Waals surface area (Å²) in [4.78, 5) is 8.92. The maximum atomic E-state index is 6.09. The smallest absolute Gasteiger partial charge is 0.219 e. The van der Waals surface area contributed by atoms with Gasteiger partial charge in [0.05, 0.1) is 0 Å². The second-order valence-electron chi connectivity index (χ2n) is 5.69. The molecule has 2 atom stereocenters. The Hall–Kier alpha value is -1.36. The maximum Gasteiger partial charge on any atom is 0.219 e. The Morgan fingerprint density at radius 2 is 2.14 bits per heavy atom. The van der Waals surface area contributed by atoms with Crippen molar-refractivity contribution in [2.24, 2.45) is 5.92 Å². The molecule has 1 aromatic rings. The molecule has 1 N–H and O–H groups in total. The van der Waals surface area contributed by atoms with Gasteiger partial charge >= 0.3 is 0 Å². The minimum Gasteiger partial charge on any atom is -0.474 e. The van der Waals surface area contributed by atoms with Gasteiger partial charge in [-0.15, -0.1) is 0 Å². The zero-order chi connectivity index (χ0) is 15.1. The molecular formula is C16H27N3O2. The first kappa shape index (κ1) is 16.0. The van der Waals surface area contributed by atoms with Gasteiger partial charge in [-0.25, -0.2) is 4.98 Å². The number of nitrogens with zero attached hydrogens (tertiary/aromatic N) is 2. The van der Waals surface area contributed by atoms with Crippen LogP contribution in [0.4, 0.5) is 5.82 Å². The minimum atomic E-state index is 0.276. The highest BCUT2D eigenvalue weighted by atomic mass is 16.5. The molecule has 21 heavy (non-hydrogen) atoms. The molecule has 1 heterocycles. The largest absolute Gasteiger partial charge is 0.474 e. The number of hydrogen-bond donors (Lipinski definition) is 1. The van der Waals surface area contributed by atoms with E-state index in [1.54, 1.807) is 0 Å². The molecule has 0 bridgehead atoms. The Labute approximate surface area is 127 Å². The summed E-state index contributed by atoms with van der Waals surface area (Å²) in [7, 11) is 0. The lowest BCUT2D eigenvalue weighted by molar-refractivity contribution is 0.115. The van der Waals surface area contributed by atoms with Crippen molar-refractivity contribution in [2.75, 3.05) is 18.5 Å². The van der Waals surface area contributed by atoms with Gasteiger partial charge in [-0.3, -0.25) is 0 Å². The highest BCUT2D eigenvalue weighted by Crippen LogP contribution is 2.27. The van der Waals surface area contributed by atoms with E-state index in [0.717, 1.165) is 31.1 Å². The highest BCUT2D eigenvalue weighted by molar-refractivity contribution is 5.38. The zero-order valence-electron chi connectivity index (χ0n) is 13.4. The molecule has 0 aromatic carbocycles. The number of nitrogens with one attached hydrogen (secondary N) is 1. The quantitative estimate of drug-likeness (QED) is 0.835. The van der Waals surface area contributed by atoms with Crippen LogP contribution >= 0.6 is 0 Å². The number of rotatable bonds is 7. The summed E-state index contributed by atoms with van der Waals surface area (Å²) in [5.41, 5.74) is 0. The van der Waals surface area contributed by atoms with Crippen molar-refractivity contribution < 1.29 is 9.47 Å². The van der Waals surface area contributed by atoms with Gasteiger partial charge < -0.3 is 14.8 Å². The molecule has 2 rings (SSSR count). The molecule has 0 spiro atoms. The summed E-state index contributed by atoms with van der Waals surface area (Å²) < 4.78 is 11.5. The summed E-state index contributed by atoms with van der Waals surface area (Å²) in [5, 5.41) is 3.22. The number of aromatic nitrogens is 2. The van der Waals surface area contributed by atoms with Crippen molar-refractivity contribution in [3.63, 3.8) is 0 Å². The van der Waals surface area contributed by atoms with Gasteiger partial charge in [0.2, 0.25) is 5.88 Å². The zero-order valence-corrected chi connectivity index (χ0v) is 13.4. The van der Waals surface area contributed by atoms with Crippen LogP contribution in [0.15, 0.2) is 6.07 Å². The monoisotopic (exact) mass is 293 g/mol. The molecule has 118 valence electrons. The van der Waals surface area contributed by atoms with Gasteiger partial charge in [0.15, 0.2) is 5.82 Å². The van der Waals surface area contributed by atoms with Gasteiger partial charge in [-0.05, 0) is 39.0 Å². The fourth-order valence-electron chi connectivity index (χ4n) is 2.72. The molecular weight excluding hydrogens is 266 g/mol. The Balaban J connectivity index is 2.06. The predicted octanol–water partition coefficient (Wildman–Crippen LogP) is 3.40. The topological polar surface area (TPSA) is 56.3 Å². The predicted molar refractivity (Wildman–Crippen MR) is 83.6 cm³/mol. The van der Waals surface area contributed by atoms with Gasteiger partial charge in [-0.1, -0.05) is 13.3 Å². The standard InChI is InChI=1S/C16H27N3O2/c1-4-17-14-10-16(19-15(18-14)11-20-5-2)21-13-8-6-7-12(3)9-13/h10,12-13H,4-9,11H2,1-3H3,(H,17,18,19). The van der Waals surface area contributed by atoms with Crippen LogP contribution in [0.2, 0.25) is 0 Å². The summed E-state index contributed by atoms with van der Waals surface area (Å²) in [5.74, 6) is 2.88. The van der Waals surface area contributed by atoms with E-state index in [2.05, 4.69) is 22.2 Å². The fourth-order valence-corrected chi connectivity index (χ4v) is 2.72. The van der Waals surface area contributed by atoms with E-state index in [4.69, 9.17) is 9.47 Å². The molecule has 2 unspecified atom stereocenters. The lowest BCUT2D eigenvalue weighted by Gasteiger charge is -2.27. The Kier molecular flexibility index (Phi) is 6.23. The van der Waals surface area contributed by atoms with Crippen molar-refractivity contribution in [3.05, 3.63) is 11.9 Å². The number of hydrogen-bond acceptors (Lipinski definition) is 5. The van der Waals surface area contributed by atoms with E-state index in [9.17, 15) is 0 Å². The van der Waals surface area contributed by atoms with Crippen LogP contribution < -0.4 is 10.1 Å². The van der Waals surface area contributed by atoms with Gasteiger partial charge in [0.25, 0.3) is 0 Å². The van der Waals surface area contributed by atoms with Gasteiger partial charge in [-0.2, -0.15) is 4.98 Å². The number of anilines is 1. The van der Waals surface area contributed by atoms with Crippen LogP contribution in [0.25, 0.3) is 0 Å². The average Bonchev–Trinajstić information content (AvgIpc) is 2.45. The number of ether oxygens (including phenoxy) is 2. The first-order valence-corrected chi connectivity index (χ1v) is 8.07. The van der Waals surface area contributed by atoms with Crippen molar-refractivity contribution in [1.29, 1.82) is 0 Å². The first-order valence-electron chi connectivity index (χ1n) is 8.07. The van der Waals surface area contributed by atoms with Crippen molar-refractivity contribution in [1.82, 2.24) is 9.97 Å². The molecule has 1 aromatic heterocycles. The normalized spacial score (nSPS) is 22.0. The molecule has 0 radical (unpaired) electrons. The van der Waals surface area contributed by atoms with Crippen LogP contribution in [0.1, 0.15) is 52.3 Å². The van der Waals surface area contributed by atoms with Crippen LogP contribution in [0, 0.1) is 5.92 Å². The molecule has 0 aliphatic heterocycles. The van der Waals surface area contributed by atoms with E-state index in [1.807, 2.05) is 19.9 Å². The second kappa shape index (κ2) is 8.17. The SMILES string of the molecule is CCNc1cc(OC2CCCC(C)C2)nc(COCC)n1. The lowest BCUT2D eigenvalue weighted by Crippen LogP contribution is -2.24. The molecule has 0 saturated heterocycles. The van der Waals surface area contributed by atoms with E-state index < -0.39 is 0 Å². The first-order chi connectivity index (χ1) is 10.2. The van der Waals surface area contributed by atoms with E-state index >= 15 is 0 Å². The summed E-state index contributed by atoms with van der Waals surface area (Å²) in [6.45, 7) is 8.21. The van der Waals surface area contributed by atoms with E-state index in [0.29, 0.717) is 24.9 Å². The fraction of sp³-hybridized carbons (Fsp3) is 0.750. The van der Waals surface area contributed by atoms with Crippen molar-refractivity contribution >= 4 is 5.82 Å². The third kappa shape index (κ3) is 5.16. The summed E-state index contributed by atoms with van der Waals surface area (Å²) in [6, 6.07) is 1.89. The third-order valence-electron chi connectivity index (χ3n) is 3.72. The van der Waals surface area contributed by atoms with E-state index in [-0.39, 0.29) is 6.10 Å². The molecule has 1 fully saturated rings. The Morgan fingerprint density at radius 1 is 1.29 bits per heavy atom. The van der Waals surface area contributed by atoms with Crippen LogP contribution in [-0.4, -0.2) is 29.2 Å². The van der Waals surface area contributed by atoms with Crippen LogP contribution in [0.3, 0.4) is 0 Å². The third-order valence-corrected chi connectivity index (χ3v) is 3.72. The Morgan fingerprint density at radius 3 is 2.86 bits per heavy atom. The van der Waals surface area contributed by atoms with Crippen LogP contribution in [0.5, 0.6) is 5.88 Å². The molecule has 1 aliphatic rings. The Bertz CT molecular complexity index is 440. The minimum absolute atomic E-state index is 0.276. The molecule has 1 saturated carbocycles. The maximum absolute atomic E-state index is 6.09. The summed E-state index contributed by atoms with van der Waals surface area (Å²) >= 11 is 0. The second-order valence-corrected chi connectivity index (χ2v) is 5.69. The molecule has 0 amide bonds. The summed E-state index contributed by atoms with van der Waals surface area (Å²) in [6.07, 6.45) is 5.05. The average molecular weight is 293 g/mol. The highest BCUT2D eigenvalue weighted by Gasteiger charge is 2.21. The van der Waals surface area contributed by atoms with Gasteiger partial charge in [0.1, 0.15) is 18.5 Å². The van der Waals surface area contributed by atoms with Gasteiger partial charge in [0, 0.05) is 19.2 Å². The molecule has 1 aliphatic carbocycles. The van der Waals surface area contributed by atoms with Crippen molar-refractivity contribution in [3.8, 4) is 5.88 Å². The van der Waals surface area contributed by atoms with Crippen LogP contribution in [-0.2, 0) is 11.3 Å². The molecule has 5 heteroatoms. The van der Waals surface area contributed by atoms with E-state index in [1.165, 1.54) is 12.8 Å². The molecule has 5 nitrogen and oxygen atoms in total.